The summed E-state index contributed by atoms with van der Waals surface area (Å²) in [5.41, 5.74) is 2.37. The Morgan fingerprint density at radius 3 is 2.75 bits per heavy atom. The van der Waals surface area contributed by atoms with Crippen LogP contribution in [-0.2, 0) is 6.54 Å². The molecule has 0 aromatic carbocycles. The van der Waals surface area contributed by atoms with E-state index in [0.29, 0.717) is 5.92 Å². The maximum absolute atomic E-state index is 4.34. The van der Waals surface area contributed by atoms with Crippen molar-refractivity contribution in [1.29, 1.82) is 0 Å². The average molecular weight is 221 g/mol. The molecule has 1 aromatic rings. The maximum atomic E-state index is 4.34. The Morgan fingerprint density at radius 1 is 1.44 bits per heavy atom. The van der Waals surface area contributed by atoms with Crippen LogP contribution in [0.1, 0.15) is 26.5 Å². The number of nitrogens with zero attached hydrogens (tertiary/aromatic N) is 2. The minimum Gasteiger partial charge on any atom is -0.371 e. The minimum absolute atomic E-state index is 0.681. The third kappa shape index (κ3) is 3.81. The molecule has 90 valence electrons. The Morgan fingerprint density at radius 2 is 2.19 bits per heavy atom. The fourth-order valence-corrected chi connectivity index (χ4v) is 1.80. The highest BCUT2D eigenvalue weighted by molar-refractivity contribution is 5.46. The van der Waals surface area contributed by atoms with Gasteiger partial charge in [-0.2, -0.15) is 0 Å². The Kier molecular flexibility index (Phi) is 5.26. The molecule has 0 bridgehead atoms. The van der Waals surface area contributed by atoms with Crippen molar-refractivity contribution in [2.45, 2.75) is 27.3 Å². The zero-order valence-electron chi connectivity index (χ0n) is 10.8. The zero-order chi connectivity index (χ0) is 12.0. The highest BCUT2D eigenvalue weighted by atomic mass is 15.1. The predicted molar refractivity (Wildman–Crippen MR) is 69.7 cm³/mol. The van der Waals surface area contributed by atoms with Crippen molar-refractivity contribution in [3.05, 3.63) is 24.0 Å². The van der Waals surface area contributed by atoms with Gasteiger partial charge in [-0.05, 0) is 32.0 Å². The molecule has 1 heterocycles. The summed E-state index contributed by atoms with van der Waals surface area (Å²) in [4.78, 5) is 6.73. The van der Waals surface area contributed by atoms with Gasteiger partial charge >= 0.3 is 0 Å². The van der Waals surface area contributed by atoms with Crippen LogP contribution < -0.4 is 10.2 Å². The highest BCUT2D eigenvalue weighted by Crippen LogP contribution is 2.15. The van der Waals surface area contributed by atoms with Crippen LogP contribution in [0.15, 0.2) is 18.3 Å². The molecule has 3 heteroatoms. The van der Waals surface area contributed by atoms with E-state index >= 15 is 0 Å². The van der Waals surface area contributed by atoms with Gasteiger partial charge in [0.2, 0.25) is 0 Å². The molecule has 0 unspecified atom stereocenters. The van der Waals surface area contributed by atoms with E-state index in [1.807, 2.05) is 13.2 Å². The molecule has 0 aliphatic carbocycles. The van der Waals surface area contributed by atoms with Crippen molar-refractivity contribution >= 4 is 5.69 Å². The van der Waals surface area contributed by atoms with Gasteiger partial charge in [-0.25, -0.2) is 0 Å². The number of hydrogen-bond donors (Lipinski definition) is 1. The number of aromatic nitrogens is 1. The molecule has 0 aliphatic rings. The second kappa shape index (κ2) is 6.48. The first kappa shape index (κ1) is 13.0. The average Bonchev–Trinajstić information content (AvgIpc) is 2.26. The number of anilines is 1. The SMILES string of the molecule is CCN(CC(C)C)c1ccnc(CNC)c1. The molecule has 0 saturated heterocycles. The summed E-state index contributed by atoms with van der Waals surface area (Å²) < 4.78 is 0. The lowest BCUT2D eigenvalue weighted by atomic mass is 10.2. The second-order valence-corrected chi connectivity index (χ2v) is 4.47. The maximum Gasteiger partial charge on any atom is 0.0562 e. The Labute approximate surface area is 98.9 Å². The molecule has 1 rings (SSSR count). The molecule has 0 saturated carbocycles. The van der Waals surface area contributed by atoms with E-state index in [9.17, 15) is 0 Å². The lowest BCUT2D eigenvalue weighted by molar-refractivity contribution is 0.618. The lowest BCUT2D eigenvalue weighted by Gasteiger charge is -2.25. The van der Waals surface area contributed by atoms with E-state index < -0.39 is 0 Å². The number of hydrogen-bond acceptors (Lipinski definition) is 3. The Bertz CT molecular complexity index is 310. The van der Waals surface area contributed by atoms with E-state index in [1.165, 1.54) is 5.69 Å². The summed E-state index contributed by atoms with van der Waals surface area (Å²) in [6.45, 7) is 9.66. The van der Waals surface area contributed by atoms with Gasteiger partial charge in [0.1, 0.15) is 0 Å². The van der Waals surface area contributed by atoms with Crippen LogP contribution in [0.25, 0.3) is 0 Å². The summed E-state index contributed by atoms with van der Waals surface area (Å²) in [6.07, 6.45) is 1.89. The van der Waals surface area contributed by atoms with Crippen LogP contribution in [0.5, 0.6) is 0 Å². The molecular weight excluding hydrogens is 198 g/mol. The number of pyridine rings is 1. The largest absolute Gasteiger partial charge is 0.371 e. The van der Waals surface area contributed by atoms with Gasteiger partial charge in [0.15, 0.2) is 0 Å². The van der Waals surface area contributed by atoms with Gasteiger partial charge in [0.05, 0.1) is 5.69 Å². The first-order valence-corrected chi connectivity index (χ1v) is 6.01. The summed E-state index contributed by atoms with van der Waals surface area (Å²) in [6, 6.07) is 4.26. The van der Waals surface area contributed by atoms with Gasteiger partial charge < -0.3 is 10.2 Å². The predicted octanol–water partition coefficient (Wildman–Crippen LogP) is 2.28. The van der Waals surface area contributed by atoms with Crippen LogP contribution in [0.2, 0.25) is 0 Å². The van der Waals surface area contributed by atoms with Crippen molar-refractivity contribution in [1.82, 2.24) is 10.3 Å². The van der Waals surface area contributed by atoms with Gasteiger partial charge in [0.25, 0.3) is 0 Å². The number of nitrogens with one attached hydrogen (secondary N) is 1. The van der Waals surface area contributed by atoms with E-state index in [0.717, 1.165) is 25.3 Å². The summed E-state index contributed by atoms with van der Waals surface area (Å²) in [7, 11) is 1.94. The number of rotatable bonds is 6. The molecule has 16 heavy (non-hydrogen) atoms. The first-order valence-electron chi connectivity index (χ1n) is 6.01. The van der Waals surface area contributed by atoms with Gasteiger partial charge in [-0.3, -0.25) is 4.98 Å². The smallest absolute Gasteiger partial charge is 0.0562 e. The fraction of sp³-hybridized carbons (Fsp3) is 0.615. The van der Waals surface area contributed by atoms with Crippen LogP contribution in [0, 0.1) is 5.92 Å². The van der Waals surface area contributed by atoms with Crippen LogP contribution in [-0.4, -0.2) is 25.1 Å². The first-order chi connectivity index (χ1) is 7.67. The molecule has 0 amide bonds. The Balaban J connectivity index is 2.79. The zero-order valence-corrected chi connectivity index (χ0v) is 10.8. The molecule has 0 radical (unpaired) electrons. The highest BCUT2D eigenvalue weighted by Gasteiger charge is 2.07. The summed E-state index contributed by atoms with van der Waals surface area (Å²) >= 11 is 0. The quantitative estimate of drug-likeness (QED) is 0.799. The summed E-state index contributed by atoms with van der Waals surface area (Å²) in [5.74, 6) is 0.681. The molecule has 1 aromatic heterocycles. The normalized spacial score (nSPS) is 10.8. The van der Waals surface area contributed by atoms with Crippen LogP contribution in [0.4, 0.5) is 5.69 Å². The van der Waals surface area contributed by atoms with Gasteiger partial charge in [0, 0.05) is 31.5 Å². The lowest BCUT2D eigenvalue weighted by Crippen LogP contribution is -2.27. The van der Waals surface area contributed by atoms with Crippen LogP contribution >= 0.6 is 0 Å². The van der Waals surface area contributed by atoms with Crippen molar-refractivity contribution in [3.63, 3.8) is 0 Å². The van der Waals surface area contributed by atoms with E-state index in [2.05, 4.69) is 48.1 Å². The Hall–Kier alpha value is -1.09. The van der Waals surface area contributed by atoms with Gasteiger partial charge in [-0.15, -0.1) is 0 Å². The molecular formula is C13H23N3. The van der Waals surface area contributed by atoms with Crippen LogP contribution in [0.3, 0.4) is 0 Å². The third-order valence-electron chi connectivity index (χ3n) is 2.49. The van der Waals surface area contributed by atoms with Gasteiger partial charge in [-0.1, -0.05) is 13.8 Å². The van der Waals surface area contributed by atoms with Crippen molar-refractivity contribution in [2.24, 2.45) is 5.92 Å². The summed E-state index contributed by atoms with van der Waals surface area (Å²) in [5, 5.41) is 3.13. The van der Waals surface area contributed by atoms with Crippen molar-refractivity contribution in [2.75, 3.05) is 25.0 Å². The van der Waals surface area contributed by atoms with E-state index in [4.69, 9.17) is 0 Å². The third-order valence-corrected chi connectivity index (χ3v) is 2.49. The molecule has 0 atom stereocenters. The van der Waals surface area contributed by atoms with E-state index in [-0.39, 0.29) is 0 Å². The molecule has 3 nitrogen and oxygen atoms in total. The minimum atomic E-state index is 0.681. The van der Waals surface area contributed by atoms with E-state index in [1.54, 1.807) is 0 Å². The molecule has 0 fully saturated rings. The monoisotopic (exact) mass is 221 g/mol. The van der Waals surface area contributed by atoms with Crippen molar-refractivity contribution in [3.8, 4) is 0 Å². The standard InChI is InChI=1S/C13H23N3/c1-5-16(10-11(2)3)13-6-7-15-12(8-13)9-14-4/h6-8,11,14H,5,9-10H2,1-4H3. The molecule has 0 aliphatic heterocycles. The topological polar surface area (TPSA) is 28.2 Å². The fourth-order valence-electron chi connectivity index (χ4n) is 1.80. The molecule has 1 N–H and O–H groups in total. The molecule has 0 spiro atoms. The van der Waals surface area contributed by atoms with Crippen molar-refractivity contribution < 1.29 is 0 Å². The second-order valence-electron chi connectivity index (χ2n) is 4.47.